The van der Waals surface area contributed by atoms with E-state index in [-0.39, 0.29) is 11.6 Å². The summed E-state index contributed by atoms with van der Waals surface area (Å²) in [6, 6.07) is 11.2. The van der Waals surface area contributed by atoms with Crippen LogP contribution in [0.25, 0.3) is 0 Å². The van der Waals surface area contributed by atoms with E-state index in [9.17, 15) is 4.79 Å². The van der Waals surface area contributed by atoms with Crippen molar-refractivity contribution in [1.82, 2.24) is 0 Å². The first kappa shape index (κ1) is 16.4. The molecule has 1 amide bonds. The molecule has 0 radical (unpaired) electrons. The zero-order chi connectivity index (χ0) is 16.1. The fourth-order valence-corrected chi connectivity index (χ4v) is 2.30. The van der Waals surface area contributed by atoms with Crippen LogP contribution in [0.4, 0.5) is 5.69 Å². The van der Waals surface area contributed by atoms with Gasteiger partial charge in [-0.2, -0.15) is 5.26 Å². The van der Waals surface area contributed by atoms with E-state index in [4.69, 9.17) is 44.8 Å². The van der Waals surface area contributed by atoms with Crippen molar-refractivity contribution >= 4 is 46.4 Å². The number of carbonyl (C=O) groups is 1. The first-order chi connectivity index (χ1) is 10.5. The molecule has 0 fully saturated rings. The maximum absolute atomic E-state index is 11.8. The predicted molar refractivity (Wildman–Crippen MR) is 86.8 cm³/mol. The summed E-state index contributed by atoms with van der Waals surface area (Å²) in [5.74, 6) is -0.0809. The minimum Gasteiger partial charge on any atom is -0.482 e. The van der Waals surface area contributed by atoms with Crippen LogP contribution in [-0.2, 0) is 4.79 Å². The minimum absolute atomic E-state index is 0.245. The molecule has 112 valence electrons. The van der Waals surface area contributed by atoms with E-state index >= 15 is 0 Å². The summed E-state index contributed by atoms with van der Waals surface area (Å²) in [5.41, 5.74) is 0.848. The van der Waals surface area contributed by atoms with Gasteiger partial charge in [-0.15, -0.1) is 0 Å². The molecule has 2 aromatic carbocycles. The third-order valence-corrected chi connectivity index (χ3v) is 3.47. The average Bonchev–Trinajstić information content (AvgIpc) is 2.48. The third-order valence-electron chi connectivity index (χ3n) is 2.62. The van der Waals surface area contributed by atoms with Crippen molar-refractivity contribution in [2.45, 2.75) is 0 Å². The Hall–Kier alpha value is -1.93. The van der Waals surface area contributed by atoms with E-state index in [2.05, 4.69) is 5.32 Å². The molecular formula is C15H9Cl3N2O2. The molecule has 0 aliphatic heterocycles. The highest BCUT2D eigenvalue weighted by Crippen LogP contribution is 2.26. The van der Waals surface area contributed by atoms with Crippen LogP contribution in [0.15, 0.2) is 36.4 Å². The van der Waals surface area contributed by atoms with Crippen molar-refractivity contribution in [2.24, 2.45) is 0 Å². The van der Waals surface area contributed by atoms with Crippen molar-refractivity contribution in [1.29, 1.82) is 5.26 Å². The molecule has 22 heavy (non-hydrogen) atoms. The summed E-state index contributed by atoms with van der Waals surface area (Å²) < 4.78 is 5.31. The fraction of sp³-hybridized carbons (Fsp3) is 0.0667. The van der Waals surface area contributed by atoms with Crippen molar-refractivity contribution < 1.29 is 9.53 Å². The number of rotatable bonds is 4. The van der Waals surface area contributed by atoms with E-state index in [1.165, 1.54) is 18.2 Å². The van der Waals surface area contributed by atoms with E-state index in [0.29, 0.717) is 27.0 Å². The molecule has 0 aliphatic rings. The Morgan fingerprint density at radius 1 is 1.14 bits per heavy atom. The highest BCUT2D eigenvalue weighted by Gasteiger charge is 2.09. The second-order valence-electron chi connectivity index (χ2n) is 4.22. The van der Waals surface area contributed by atoms with Gasteiger partial charge in [-0.25, -0.2) is 0 Å². The fourth-order valence-electron chi connectivity index (χ4n) is 1.61. The van der Waals surface area contributed by atoms with Crippen LogP contribution in [-0.4, -0.2) is 12.5 Å². The maximum atomic E-state index is 11.8. The first-order valence-corrected chi connectivity index (χ1v) is 7.20. The van der Waals surface area contributed by atoms with Crippen LogP contribution >= 0.6 is 34.8 Å². The van der Waals surface area contributed by atoms with Crippen molar-refractivity contribution in [3.63, 3.8) is 0 Å². The molecular weight excluding hydrogens is 347 g/mol. The topological polar surface area (TPSA) is 62.1 Å². The Bertz CT molecular complexity index is 757. The van der Waals surface area contributed by atoms with E-state index in [0.717, 1.165) is 0 Å². The Morgan fingerprint density at radius 2 is 1.91 bits per heavy atom. The average molecular weight is 356 g/mol. The highest BCUT2D eigenvalue weighted by molar-refractivity contribution is 6.36. The van der Waals surface area contributed by atoms with Gasteiger partial charge < -0.3 is 10.1 Å². The predicted octanol–water partition coefficient (Wildman–Crippen LogP) is 4.54. The summed E-state index contributed by atoms with van der Waals surface area (Å²) in [4.78, 5) is 11.8. The van der Waals surface area contributed by atoms with Crippen molar-refractivity contribution in [3.05, 3.63) is 57.0 Å². The summed E-state index contributed by atoms with van der Waals surface area (Å²) in [7, 11) is 0. The number of amides is 1. The zero-order valence-electron chi connectivity index (χ0n) is 11.1. The standard InChI is InChI=1S/C15H9Cl3N2O2/c16-10-2-3-13(11(17)6-10)20-15(21)8-22-14-4-1-9(7-19)5-12(14)18/h1-6H,8H2,(H,20,21). The molecule has 0 spiro atoms. The van der Waals surface area contributed by atoms with Gasteiger partial charge in [0.1, 0.15) is 5.75 Å². The van der Waals surface area contributed by atoms with Gasteiger partial charge in [-0.05, 0) is 36.4 Å². The second-order valence-corrected chi connectivity index (χ2v) is 5.47. The number of hydrogen-bond donors (Lipinski definition) is 1. The van der Waals surface area contributed by atoms with Crippen molar-refractivity contribution in [3.8, 4) is 11.8 Å². The normalized spacial score (nSPS) is 9.91. The summed E-state index contributed by atoms with van der Waals surface area (Å²) >= 11 is 17.7. The number of benzene rings is 2. The number of ether oxygens (including phenoxy) is 1. The SMILES string of the molecule is N#Cc1ccc(OCC(=O)Nc2ccc(Cl)cc2Cl)c(Cl)c1. The van der Waals surface area contributed by atoms with E-state index < -0.39 is 5.91 Å². The molecule has 0 heterocycles. The van der Waals surface area contributed by atoms with Gasteiger partial charge >= 0.3 is 0 Å². The molecule has 4 nitrogen and oxygen atoms in total. The molecule has 0 saturated carbocycles. The molecule has 7 heteroatoms. The van der Waals surface area contributed by atoms with Crippen LogP contribution in [0, 0.1) is 11.3 Å². The number of hydrogen-bond acceptors (Lipinski definition) is 3. The number of nitrogens with zero attached hydrogens (tertiary/aromatic N) is 1. The van der Waals surface area contributed by atoms with Gasteiger partial charge in [-0.1, -0.05) is 34.8 Å². The van der Waals surface area contributed by atoms with E-state index in [1.807, 2.05) is 6.07 Å². The van der Waals surface area contributed by atoms with Gasteiger partial charge in [0.2, 0.25) is 0 Å². The minimum atomic E-state index is -0.398. The quantitative estimate of drug-likeness (QED) is 0.876. The number of carbonyl (C=O) groups excluding carboxylic acids is 1. The summed E-state index contributed by atoms with van der Waals surface area (Å²) in [6.07, 6.45) is 0. The van der Waals surface area contributed by atoms with Crippen LogP contribution < -0.4 is 10.1 Å². The van der Waals surface area contributed by atoms with Gasteiger partial charge in [0.25, 0.3) is 5.91 Å². The van der Waals surface area contributed by atoms with Gasteiger partial charge in [0, 0.05) is 5.02 Å². The molecule has 0 aromatic heterocycles. The Labute approximate surface area is 142 Å². The molecule has 0 atom stereocenters. The van der Waals surface area contributed by atoms with Crippen LogP contribution in [0.3, 0.4) is 0 Å². The lowest BCUT2D eigenvalue weighted by molar-refractivity contribution is -0.118. The maximum Gasteiger partial charge on any atom is 0.262 e. The molecule has 0 saturated heterocycles. The number of nitriles is 1. The molecule has 0 bridgehead atoms. The zero-order valence-corrected chi connectivity index (χ0v) is 13.3. The highest BCUT2D eigenvalue weighted by atomic mass is 35.5. The Kier molecular flexibility index (Phi) is 5.51. The van der Waals surface area contributed by atoms with E-state index in [1.54, 1.807) is 18.2 Å². The second kappa shape index (κ2) is 7.37. The molecule has 1 N–H and O–H groups in total. The van der Waals surface area contributed by atoms with Crippen molar-refractivity contribution in [2.75, 3.05) is 11.9 Å². The third kappa shape index (κ3) is 4.28. The molecule has 2 aromatic rings. The van der Waals surface area contributed by atoms with Gasteiger partial charge in [0.05, 0.1) is 27.4 Å². The monoisotopic (exact) mass is 354 g/mol. The summed E-state index contributed by atoms with van der Waals surface area (Å²) in [6.45, 7) is -0.245. The first-order valence-electron chi connectivity index (χ1n) is 6.07. The Balaban J connectivity index is 1.97. The Morgan fingerprint density at radius 3 is 2.55 bits per heavy atom. The van der Waals surface area contributed by atoms with Crippen LogP contribution in [0.2, 0.25) is 15.1 Å². The summed E-state index contributed by atoms with van der Waals surface area (Å²) in [5, 5.41) is 12.4. The lowest BCUT2D eigenvalue weighted by Crippen LogP contribution is -2.20. The van der Waals surface area contributed by atoms with Gasteiger partial charge in [-0.3, -0.25) is 4.79 Å². The number of anilines is 1. The smallest absolute Gasteiger partial charge is 0.262 e. The van der Waals surface area contributed by atoms with Crippen LogP contribution in [0.1, 0.15) is 5.56 Å². The van der Waals surface area contributed by atoms with Gasteiger partial charge in [0.15, 0.2) is 6.61 Å². The lowest BCUT2D eigenvalue weighted by atomic mass is 10.2. The number of halogens is 3. The molecule has 0 aliphatic carbocycles. The largest absolute Gasteiger partial charge is 0.482 e. The number of nitrogens with one attached hydrogen (secondary N) is 1. The lowest BCUT2D eigenvalue weighted by Gasteiger charge is -2.10. The van der Waals surface area contributed by atoms with Crippen LogP contribution in [0.5, 0.6) is 5.75 Å². The molecule has 2 rings (SSSR count). The molecule has 0 unspecified atom stereocenters.